The minimum absolute atomic E-state index is 0.501. The van der Waals surface area contributed by atoms with E-state index in [9.17, 15) is 13.2 Å². The average molecular weight is 380 g/mol. The maximum Gasteiger partial charge on any atom is 0.416 e. The van der Waals surface area contributed by atoms with Crippen LogP contribution in [-0.2, 0) is 12.3 Å². The molecule has 0 aromatic heterocycles. The number of halogens is 4. The summed E-state index contributed by atoms with van der Waals surface area (Å²) in [6, 6.07) is 24.8. The Morgan fingerprint density at radius 3 is 1.52 bits per heavy atom. The molecule has 0 amide bonds. The molecule has 0 spiro atoms. The summed E-state index contributed by atoms with van der Waals surface area (Å²) in [5.41, 5.74) is 0.151. The van der Waals surface area contributed by atoms with Crippen molar-refractivity contribution in [1.82, 2.24) is 0 Å². The van der Waals surface area contributed by atoms with Crippen LogP contribution in [0.25, 0.3) is 0 Å². The monoisotopic (exact) mass is 379 g/mol. The number of alkyl halides is 3. The van der Waals surface area contributed by atoms with Gasteiger partial charge in [-0.25, -0.2) is 0 Å². The van der Waals surface area contributed by atoms with Gasteiger partial charge in [-0.1, -0.05) is 48.5 Å². The van der Waals surface area contributed by atoms with Crippen LogP contribution in [-0.4, -0.2) is 0 Å². The van der Waals surface area contributed by atoms with E-state index in [1.165, 1.54) is 12.1 Å². The molecule has 0 nitrogen and oxygen atoms in total. The summed E-state index contributed by atoms with van der Waals surface area (Å²) in [7, 11) is 0. The zero-order valence-corrected chi connectivity index (χ0v) is 14.9. The molecule has 0 fully saturated rings. The fraction of sp³-hybridized carbons (Fsp3) is 0.100. The molecular weight excluding hydrogens is 364 g/mol. The zero-order valence-electron chi connectivity index (χ0n) is 13.2. The molecular formula is C20H16ClF3P+. The molecule has 0 unspecified atom stereocenters. The van der Waals surface area contributed by atoms with Gasteiger partial charge in [0.1, 0.15) is 16.8 Å². The number of hydrogen-bond donors (Lipinski definition) is 0. The molecule has 0 heterocycles. The van der Waals surface area contributed by atoms with Gasteiger partial charge in [-0.05, 0) is 42.0 Å². The van der Waals surface area contributed by atoms with Gasteiger partial charge in [0.2, 0.25) is 0 Å². The minimum atomic E-state index is -4.33. The van der Waals surface area contributed by atoms with Gasteiger partial charge in [0, 0.05) is 0 Å². The molecule has 0 saturated heterocycles. The van der Waals surface area contributed by atoms with E-state index in [1.54, 1.807) is 0 Å². The maximum atomic E-state index is 12.8. The second kappa shape index (κ2) is 7.19. The lowest BCUT2D eigenvalue weighted by Crippen LogP contribution is -2.19. The van der Waals surface area contributed by atoms with Crippen LogP contribution in [0.3, 0.4) is 0 Å². The Morgan fingerprint density at radius 2 is 1.12 bits per heavy atom. The Morgan fingerprint density at radius 1 is 0.680 bits per heavy atom. The van der Waals surface area contributed by atoms with E-state index < -0.39 is 18.4 Å². The summed E-state index contributed by atoms with van der Waals surface area (Å²) in [5, 5.41) is 2.03. The van der Waals surface area contributed by atoms with Gasteiger partial charge >= 0.3 is 6.18 Å². The summed E-state index contributed by atoms with van der Waals surface area (Å²) < 4.78 is 38.3. The maximum absolute atomic E-state index is 12.8. The molecule has 3 aromatic rings. The average Bonchev–Trinajstić information content (AvgIpc) is 2.63. The highest BCUT2D eigenvalue weighted by Crippen LogP contribution is 2.64. The zero-order chi connectivity index (χ0) is 17.9. The van der Waals surface area contributed by atoms with E-state index in [1.807, 2.05) is 60.7 Å². The third kappa shape index (κ3) is 4.05. The van der Waals surface area contributed by atoms with E-state index in [0.29, 0.717) is 6.16 Å². The lowest BCUT2D eigenvalue weighted by atomic mass is 10.1. The van der Waals surface area contributed by atoms with Gasteiger partial charge in [0.05, 0.1) is 16.8 Å². The van der Waals surface area contributed by atoms with E-state index in [0.717, 1.165) is 28.3 Å². The lowest BCUT2D eigenvalue weighted by Gasteiger charge is -2.19. The van der Waals surface area contributed by atoms with Crippen LogP contribution in [0.15, 0.2) is 84.9 Å². The molecule has 3 aromatic carbocycles. The second-order valence-corrected chi connectivity index (χ2v) is 10.3. The van der Waals surface area contributed by atoms with Gasteiger partial charge in [-0.3, -0.25) is 0 Å². The quantitative estimate of drug-likeness (QED) is 0.486. The fourth-order valence-electron chi connectivity index (χ4n) is 2.71. The van der Waals surface area contributed by atoms with E-state index in [-0.39, 0.29) is 0 Å². The summed E-state index contributed by atoms with van der Waals surface area (Å²) >= 11 is 7.14. The fourth-order valence-corrected chi connectivity index (χ4v) is 6.47. The Kier molecular flexibility index (Phi) is 5.17. The van der Waals surface area contributed by atoms with Crippen LogP contribution in [0.1, 0.15) is 11.1 Å². The molecule has 0 aliphatic rings. The van der Waals surface area contributed by atoms with Gasteiger partial charge < -0.3 is 0 Å². The molecule has 3 rings (SSSR count). The Bertz CT molecular complexity index is 776. The van der Waals surface area contributed by atoms with E-state index in [4.69, 9.17) is 11.2 Å². The largest absolute Gasteiger partial charge is 0.416 e. The predicted molar refractivity (Wildman–Crippen MR) is 100 cm³/mol. The molecule has 5 heteroatoms. The lowest BCUT2D eigenvalue weighted by molar-refractivity contribution is -0.137. The normalized spacial score (nSPS) is 12.2. The molecule has 128 valence electrons. The first-order valence-electron chi connectivity index (χ1n) is 7.75. The van der Waals surface area contributed by atoms with Crippen molar-refractivity contribution < 1.29 is 13.2 Å². The summed E-state index contributed by atoms with van der Waals surface area (Å²) in [6.45, 7) is -2.26. The first-order valence-corrected chi connectivity index (χ1v) is 10.6. The topological polar surface area (TPSA) is 0 Å². The highest BCUT2D eigenvalue weighted by molar-refractivity contribution is 8.09. The van der Waals surface area contributed by atoms with E-state index in [2.05, 4.69) is 0 Å². The van der Waals surface area contributed by atoms with Crippen LogP contribution in [0.4, 0.5) is 13.2 Å². The first-order chi connectivity index (χ1) is 11.9. The third-order valence-electron chi connectivity index (χ3n) is 4.01. The molecule has 0 N–H and O–H groups in total. The van der Waals surface area contributed by atoms with Gasteiger partial charge in [-0.2, -0.15) is 13.2 Å². The molecule has 0 aliphatic heterocycles. The van der Waals surface area contributed by atoms with Crippen LogP contribution >= 0.6 is 17.9 Å². The van der Waals surface area contributed by atoms with Gasteiger partial charge in [0.25, 0.3) is 0 Å². The second-order valence-electron chi connectivity index (χ2n) is 5.74. The van der Waals surface area contributed by atoms with Crippen LogP contribution in [0, 0.1) is 0 Å². The van der Waals surface area contributed by atoms with Crippen molar-refractivity contribution in [3.63, 3.8) is 0 Å². The van der Waals surface area contributed by atoms with Crippen molar-refractivity contribution in [2.45, 2.75) is 12.3 Å². The van der Waals surface area contributed by atoms with Crippen molar-refractivity contribution in [2.75, 3.05) is 0 Å². The van der Waals surface area contributed by atoms with Gasteiger partial charge in [-0.15, -0.1) is 0 Å². The minimum Gasteiger partial charge on any atom is -0.166 e. The molecule has 0 bridgehead atoms. The third-order valence-corrected chi connectivity index (χ3v) is 8.58. The number of hydrogen-bond acceptors (Lipinski definition) is 0. The molecule has 0 aliphatic carbocycles. The Labute approximate surface area is 150 Å². The number of benzene rings is 3. The Balaban J connectivity index is 1.99. The van der Waals surface area contributed by atoms with Crippen LogP contribution in [0.2, 0.25) is 0 Å². The molecule has 25 heavy (non-hydrogen) atoms. The highest BCUT2D eigenvalue weighted by atomic mass is 35.7. The number of rotatable bonds is 4. The predicted octanol–water partition coefficient (Wildman–Crippen LogP) is 6.03. The highest BCUT2D eigenvalue weighted by Gasteiger charge is 2.42. The summed E-state index contributed by atoms with van der Waals surface area (Å²) in [5.74, 6) is 0. The van der Waals surface area contributed by atoms with Crippen molar-refractivity contribution in [3.8, 4) is 0 Å². The Hall–Kier alpha value is -1.83. The summed E-state index contributed by atoms with van der Waals surface area (Å²) in [4.78, 5) is 0. The van der Waals surface area contributed by atoms with Crippen LogP contribution < -0.4 is 10.6 Å². The van der Waals surface area contributed by atoms with Crippen molar-refractivity contribution in [1.29, 1.82) is 0 Å². The van der Waals surface area contributed by atoms with Crippen molar-refractivity contribution >= 4 is 28.5 Å². The summed E-state index contributed by atoms with van der Waals surface area (Å²) in [6.07, 6.45) is -3.83. The first kappa shape index (κ1) is 18.0. The van der Waals surface area contributed by atoms with Crippen molar-refractivity contribution in [3.05, 3.63) is 96.1 Å². The smallest absolute Gasteiger partial charge is 0.166 e. The van der Waals surface area contributed by atoms with Crippen LogP contribution in [0.5, 0.6) is 0 Å². The molecule has 0 atom stereocenters. The SMILES string of the molecule is FC(F)(F)c1ccc(C[P+](Cl)(c2ccccc2)c2ccccc2)cc1. The molecule has 0 radical (unpaired) electrons. The van der Waals surface area contributed by atoms with Crippen molar-refractivity contribution in [2.24, 2.45) is 0 Å². The standard InChI is InChI=1S/C20H16ClF3P/c21-25(18-7-3-1-4-8-18,19-9-5-2-6-10-19)15-16-11-13-17(14-12-16)20(22,23)24/h1-14H,15H2/q+1. The van der Waals surface area contributed by atoms with E-state index >= 15 is 0 Å². The van der Waals surface area contributed by atoms with Gasteiger partial charge in [0.15, 0.2) is 6.62 Å². The molecule has 0 saturated carbocycles.